The number of hydrogen-bond donors (Lipinski definition) is 3. The largest absolute Gasteiger partial charge is 0.453 e. The van der Waals surface area contributed by atoms with Crippen molar-refractivity contribution in [1.29, 1.82) is 0 Å². The van der Waals surface area contributed by atoms with Gasteiger partial charge < -0.3 is 29.0 Å². The minimum absolute atomic E-state index is 0.0204. The molecule has 182 valence electrons. The molecular formula is C20H22N4O9S. The van der Waals surface area contributed by atoms with Gasteiger partial charge in [0.25, 0.3) is 0 Å². The van der Waals surface area contributed by atoms with Crippen LogP contribution in [0.5, 0.6) is 5.75 Å². The highest BCUT2D eigenvalue weighted by Gasteiger charge is 2.19. The number of carbonyl (C=O) groups excluding carboxylic acids is 3. The Labute approximate surface area is 195 Å². The van der Waals surface area contributed by atoms with Gasteiger partial charge in [-0.05, 0) is 24.3 Å². The minimum atomic E-state index is -4.16. The number of nitrogens with zero attached hydrogens (tertiary/aromatic N) is 1. The molecule has 0 spiro atoms. The van der Waals surface area contributed by atoms with E-state index in [-0.39, 0.29) is 28.6 Å². The van der Waals surface area contributed by atoms with E-state index in [0.29, 0.717) is 0 Å². The van der Waals surface area contributed by atoms with Crippen molar-refractivity contribution < 1.29 is 41.2 Å². The van der Waals surface area contributed by atoms with Crippen LogP contribution in [0, 0.1) is 0 Å². The van der Waals surface area contributed by atoms with E-state index in [4.69, 9.17) is 8.92 Å². The van der Waals surface area contributed by atoms with Crippen molar-refractivity contribution in [2.45, 2.75) is 4.90 Å². The molecular weight excluding hydrogens is 472 g/mol. The third-order valence-corrected chi connectivity index (χ3v) is 5.08. The number of amides is 3. The Bertz CT molecular complexity index is 1170. The molecule has 2 rings (SSSR count). The molecule has 0 atom stereocenters. The maximum absolute atomic E-state index is 12.5. The van der Waals surface area contributed by atoms with Crippen molar-refractivity contribution in [3.8, 4) is 5.75 Å². The first-order valence-electron chi connectivity index (χ1n) is 9.39. The molecule has 0 unspecified atom stereocenters. The molecule has 3 amide bonds. The fourth-order valence-corrected chi connectivity index (χ4v) is 3.31. The van der Waals surface area contributed by atoms with E-state index < -0.39 is 34.2 Å². The number of benzene rings is 2. The predicted octanol–water partition coefficient (Wildman–Crippen LogP) is 1.93. The van der Waals surface area contributed by atoms with Gasteiger partial charge in [-0.1, -0.05) is 18.2 Å². The van der Waals surface area contributed by atoms with Crippen LogP contribution >= 0.6 is 0 Å². The summed E-state index contributed by atoms with van der Waals surface area (Å²) in [4.78, 5) is 38.7. The second-order valence-electron chi connectivity index (χ2n) is 6.21. The van der Waals surface area contributed by atoms with Crippen LogP contribution in [0.25, 0.3) is 0 Å². The molecule has 0 aliphatic carbocycles. The molecule has 2 aromatic carbocycles. The van der Waals surface area contributed by atoms with Crippen LogP contribution < -0.4 is 20.1 Å². The van der Waals surface area contributed by atoms with Crippen LogP contribution in [-0.2, 0) is 29.1 Å². The topological polar surface area (TPSA) is 171 Å². The zero-order valence-electron chi connectivity index (χ0n) is 18.4. The maximum Gasteiger partial charge on any atom is 0.436 e. The standard InChI is InChI=1S/C20H22N4O9S/c1-30-12-17(25)21-16-11-13(33-34(28,29)14-7-5-4-6-8-14)9-10-15(16)22-18(23-19(26)31-2)24-20(27)32-3/h4-11H,12H2,1-3H3,(H,21,25)(H2,22,23,24,26,27). The summed E-state index contributed by atoms with van der Waals surface area (Å²) in [6.07, 6.45) is -1.99. The molecule has 3 N–H and O–H groups in total. The fourth-order valence-electron chi connectivity index (χ4n) is 2.37. The Kier molecular flexibility index (Phi) is 9.34. The van der Waals surface area contributed by atoms with E-state index in [9.17, 15) is 22.8 Å². The van der Waals surface area contributed by atoms with Crippen molar-refractivity contribution >= 4 is 45.5 Å². The second-order valence-corrected chi connectivity index (χ2v) is 7.76. The summed E-state index contributed by atoms with van der Waals surface area (Å²) in [5, 5.41) is 7.30. The molecule has 0 aliphatic heterocycles. The Morgan fingerprint density at radius 1 is 0.912 bits per heavy atom. The molecule has 13 nitrogen and oxygen atoms in total. The molecule has 0 heterocycles. The summed E-state index contributed by atoms with van der Waals surface area (Å²) in [7, 11) is -0.669. The quantitative estimate of drug-likeness (QED) is 0.293. The molecule has 0 fully saturated rings. The van der Waals surface area contributed by atoms with Crippen molar-refractivity contribution in [2.75, 3.05) is 38.6 Å². The first kappa shape index (κ1) is 26.1. The smallest absolute Gasteiger partial charge is 0.436 e. The number of anilines is 2. The van der Waals surface area contributed by atoms with Gasteiger partial charge in [-0.3, -0.25) is 10.1 Å². The lowest BCUT2D eigenvalue weighted by atomic mass is 10.2. The summed E-state index contributed by atoms with van der Waals surface area (Å²) >= 11 is 0. The van der Waals surface area contributed by atoms with Gasteiger partial charge in [-0.15, -0.1) is 4.99 Å². The molecule has 0 bridgehead atoms. The van der Waals surface area contributed by atoms with Gasteiger partial charge in [-0.25, -0.2) is 9.59 Å². The number of guanidine groups is 1. The average molecular weight is 494 g/mol. The average Bonchev–Trinajstić information content (AvgIpc) is 2.81. The second kappa shape index (κ2) is 12.2. The lowest BCUT2D eigenvalue weighted by Gasteiger charge is -2.16. The Morgan fingerprint density at radius 2 is 1.62 bits per heavy atom. The molecule has 0 radical (unpaired) electrons. The van der Waals surface area contributed by atoms with Crippen LogP contribution in [0.3, 0.4) is 0 Å². The zero-order chi connectivity index (χ0) is 25.1. The normalized spacial score (nSPS) is 11.2. The van der Waals surface area contributed by atoms with Crippen LogP contribution in [0.15, 0.2) is 58.4 Å². The van der Waals surface area contributed by atoms with E-state index in [2.05, 4.69) is 30.4 Å². The van der Waals surface area contributed by atoms with E-state index >= 15 is 0 Å². The molecule has 14 heteroatoms. The molecule has 0 aromatic heterocycles. The van der Waals surface area contributed by atoms with E-state index in [0.717, 1.165) is 14.2 Å². The number of hydrogen-bond acceptors (Lipinski definition) is 9. The summed E-state index contributed by atoms with van der Waals surface area (Å²) in [6.45, 7) is -0.309. The van der Waals surface area contributed by atoms with Crippen LogP contribution in [0.4, 0.5) is 21.0 Å². The van der Waals surface area contributed by atoms with Gasteiger partial charge in [0, 0.05) is 13.2 Å². The van der Waals surface area contributed by atoms with Crippen molar-refractivity contribution in [3.05, 3.63) is 48.5 Å². The van der Waals surface area contributed by atoms with Crippen LogP contribution in [-0.4, -0.2) is 60.4 Å². The highest BCUT2D eigenvalue weighted by Crippen LogP contribution is 2.29. The highest BCUT2D eigenvalue weighted by atomic mass is 32.2. The van der Waals surface area contributed by atoms with Crippen molar-refractivity contribution in [3.63, 3.8) is 0 Å². The summed E-state index contributed by atoms with van der Waals surface area (Å²) in [6, 6.07) is 11.3. The minimum Gasteiger partial charge on any atom is -0.453 e. The van der Waals surface area contributed by atoms with Gasteiger partial charge in [0.1, 0.15) is 17.3 Å². The molecule has 0 aliphatic rings. The van der Waals surface area contributed by atoms with E-state index in [1.165, 1.54) is 49.6 Å². The lowest BCUT2D eigenvalue weighted by Crippen LogP contribution is -2.36. The van der Waals surface area contributed by atoms with Gasteiger partial charge in [0.05, 0.1) is 25.6 Å². The fraction of sp³-hybridized carbons (Fsp3) is 0.200. The van der Waals surface area contributed by atoms with Crippen LogP contribution in [0.1, 0.15) is 0 Å². The summed E-state index contributed by atoms with van der Waals surface area (Å²) < 4.78 is 43.9. The van der Waals surface area contributed by atoms with Crippen molar-refractivity contribution in [2.24, 2.45) is 4.99 Å². The van der Waals surface area contributed by atoms with Gasteiger partial charge in [0.2, 0.25) is 11.9 Å². The molecule has 2 aromatic rings. The number of aliphatic imine (C=N–C) groups is 1. The van der Waals surface area contributed by atoms with E-state index in [1.54, 1.807) is 6.07 Å². The molecule has 34 heavy (non-hydrogen) atoms. The number of alkyl carbamates (subject to hydrolysis) is 1. The third-order valence-electron chi connectivity index (χ3n) is 3.82. The summed E-state index contributed by atoms with van der Waals surface area (Å²) in [5.41, 5.74) is 0.125. The first-order chi connectivity index (χ1) is 16.2. The number of methoxy groups -OCH3 is 3. The number of nitrogens with one attached hydrogen (secondary N) is 3. The zero-order valence-corrected chi connectivity index (χ0v) is 19.2. The number of rotatable bonds is 7. The maximum atomic E-state index is 12.5. The van der Waals surface area contributed by atoms with Gasteiger partial charge >= 0.3 is 22.3 Å². The third kappa shape index (κ3) is 7.75. The van der Waals surface area contributed by atoms with Crippen molar-refractivity contribution in [1.82, 2.24) is 5.32 Å². The predicted molar refractivity (Wildman–Crippen MR) is 120 cm³/mol. The Hall–Kier alpha value is -4.17. The van der Waals surface area contributed by atoms with E-state index in [1.807, 2.05) is 0 Å². The number of ether oxygens (including phenoxy) is 3. The monoisotopic (exact) mass is 494 g/mol. The number of carbonyl (C=O) groups is 3. The van der Waals surface area contributed by atoms with Gasteiger partial charge in [0.15, 0.2) is 0 Å². The highest BCUT2D eigenvalue weighted by molar-refractivity contribution is 7.87. The molecule has 0 saturated carbocycles. The Balaban J connectivity index is 2.42. The summed E-state index contributed by atoms with van der Waals surface area (Å²) in [5.74, 6) is -1.11. The Morgan fingerprint density at radius 3 is 2.24 bits per heavy atom. The SMILES string of the molecule is COCC(=O)Nc1cc(OS(=O)(=O)c2ccccc2)ccc1N/C(=N\C(=O)OC)NC(=O)OC. The molecule has 0 saturated heterocycles. The first-order valence-corrected chi connectivity index (χ1v) is 10.8. The van der Waals surface area contributed by atoms with Gasteiger partial charge in [-0.2, -0.15) is 8.42 Å². The van der Waals surface area contributed by atoms with Crippen LogP contribution in [0.2, 0.25) is 0 Å². The lowest BCUT2D eigenvalue weighted by molar-refractivity contribution is -0.119.